The first kappa shape index (κ1) is 12.3. The van der Waals surface area contributed by atoms with Crippen LogP contribution in [0.3, 0.4) is 0 Å². The van der Waals surface area contributed by atoms with Gasteiger partial charge in [-0.05, 0) is 38.5 Å². The van der Waals surface area contributed by atoms with E-state index >= 15 is 0 Å². The normalized spacial score (nSPS) is 32.4. The molecular weight excluding hydrogens is 254 g/mol. The van der Waals surface area contributed by atoms with Gasteiger partial charge in [-0.25, -0.2) is 4.98 Å². The molecule has 1 aromatic heterocycles. The molecule has 3 fully saturated rings. The Hall–Kier alpha value is -1.43. The molecule has 2 atom stereocenters. The van der Waals surface area contributed by atoms with Crippen LogP contribution in [0.25, 0.3) is 0 Å². The van der Waals surface area contributed by atoms with E-state index in [4.69, 9.17) is 0 Å². The highest BCUT2D eigenvalue weighted by Crippen LogP contribution is 2.37. The van der Waals surface area contributed by atoms with E-state index in [9.17, 15) is 4.79 Å². The van der Waals surface area contributed by atoms with E-state index in [1.807, 2.05) is 11.9 Å². The van der Waals surface area contributed by atoms with Crippen LogP contribution in [0.15, 0.2) is 0 Å². The van der Waals surface area contributed by atoms with E-state index in [0.29, 0.717) is 29.9 Å². The van der Waals surface area contributed by atoms with Gasteiger partial charge in [0.05, 0.1) is 0 Å². The molecule has 1 saturated carbocycles. The van der Waals surface area contributed by atoms with Gasteiger partial charge in [-0.15, -0.1) is 5.10 Å². The van der Waals surface area contributed by atoms with Crippen molar-refractivity contribution in [1.82, 2.24) is 25.4 Å². The number of H-pyrrole nitrogens is 1. The first-order chi connectivity index (χ1) is 9.70. The largest absolute Gasteiger partial charge is 0.336 e. The molecule has 4 rings (SSSR count). The minimum atomic E-state index is -0.0422. The second-order valence-corrected chi connectivity index (χ2v) is 6.50. The first-order valence-corrected chi connectivity index (χ1v) is 7.66. The zero-order valence-corrected chi connectivity index (χ0v) is 11.8. The van der Waals surface area contributed by atoms with Gasteiger partial charge in [0.1, 0.15) is 5.82 Å². The minimum Gasteiger partial charge on any atom is -0.336 e. The van der Waals surface area contributed by atoms with E-state index < -0.39 is 0 Å². The third-order valence-electron chi connectivity index (χ3n) is 4.97. The monoisotopic (exact) mass is 275 g/mol. The number of nitrogens with one attached hydrogen (secondary N) is 2. The summed E-state index contributed by atoms with van der Waals surface area (Å²) >= 11 is 0. The second-order valence-electron chi connectivity index (χ2n) is 6.50. The Morgan fingerprint density at radius 1 is 1.20 bits per heavy atom. The first-order valence-electron chi connectivity index (χ1n) is 7.66. The van der Waals surface area contributed by atoms with Crippen molar-refractivity contribution in [3.63, 3.8) is 0 Å². The minimum absolute atomic E-state index is 0.0422. The molecule has 0 spiro atoms. The lowest BCUT2D eigenvalue weighted by Gasteiger charge is -2.35. The standard InChI is InChI=1S/C14H21N5O/c1-19(11-6-9-4-5-10(7-11)15-9)14(20)13-16-12(17-18-13)8-2-3-8/h8-11,15H,2-7H2,1H3,(H,16,17,18). The number of hydrogen-bond donors (Lipinski definition) is 2. The molecule has 20 heavy (non-hydrogen) atoms. The van der Waals surface area contributed by atoms with Gasteiger partial charge in [0.15, 0.2) is 0 Å². The number of aromatic amines is 1. The zero-order valence-electron chi connectivity index (χ0n) is 11.8. The molecular formula is C14H21N5O. The molecule has 2 unspecified atom stereocenters. The van der Waals surface area contributed by atoms with Gasteiger partial charge >= 0.3 is 0 Å². The molecule has 0 radical (unpaired) electrons. The maximum absolute atomic E-state index is 12.5. The van der Waals surface area contributed by atoms with Crippen molar-refractivity contribution in [1.29, 1.82) is 0 Å². The van der Waals surface area contributed by atoms with Gasteiger partial charge in [-0.3, -0.25) is 9.89 Å². The van der Waals surface area contributed by atoms with Crippen molar-refractivity contribution >= 4 is 5.91 Å². The lowest BCUT2D eigenvalue weighted by molar-refractivity contribution is 0.0669. The summed E-state index contributed by atoms with van der Waals surface area (Å²) in [6.45, 7) is 0. The molecule has 6 nitrogen and oxygen atoms in total. The smallest absolute Gasteiger partial charge is 0.293 e. The van der Waals surface area contributed by atoms with Crippen LogP contribution < -0.4 is 5.32 Å². The van der Waals surface area contributed by atoms with Gasteiger partial charge < -0.3 is 10.2 Å². The molecule has 6 heteroatoms. The maximum atomic E-state index is 12.5. The summed E-state index contributed by atoms with van der Waals surface area (Å²) in [5.41, 5.74) is 0. The van der Waals surface area contributed by atoms with E-state index in [-0.39, 0.29) is 5.91 Å². The van der Waals surface area contributed by atoms with Crippen LogP contribution in [0.1, 0.15) is 60.9 Å². The van der Waals surface area contributed by atoms with Crippen molar-refractivity contribution in [3.05, 3.63) is 11.6 Å². The van der Waals surface area contributed by atoms with Crippen LogP contribution in [-0.4, -0.2) is 51.2 Å². The number of hydrogen-bond acceptors (Lipinski definition) is 4. The molecule has 108 valence electrons. The highest BCUT2D eigenvalue weighted by molar-refractivity contribution is 5.90. The van der Waals surface area contributed by atoms with Crippen LogP contribution in [-0.2, 0) is 0 Å². The number of carbonyl (C=O) groups excluding carboxylic acids is 1. The topological polar surface area (TPSA) is 73.9 Å². The van der Waals surface area contributed by atoms with Crippen LogP contribution in [0.5, 0.6) is 0 Å². The molecule has 1 amide bonds. The number of rotatable bonds is 3. The molecule has 2 saturated heterocycles. The van der Waals surface area contributed by atoms with Crippen LogP contribution in [0.2, 0.25) is 0 Å². The SMILES string of the molecule is CN(C(=O)c1n[nH]c(C2CC2)n1)C1CC2CCC(C1)N2. The number of piperidine rings is 1. The van der Waals surface area contributed by atoms with Crippen molar-refractivity contribution in [3.8, 4) is 0 Å². The van der Waals surface area contributed by atoms with Crippen molar-refractivity contribution < 1.29 is 4.79 Å². The number of nitrogens with zero attached hydrogens (tertiary/aromatic N) is 3. The van der Waals surface area contributed by atoms with Gasteiger partial charge in [0.25, 0.3) is 5.91 Å². The second kappa shape index (κ2) is 4.55. The molecule has 2 N–H and O–H groups in total. The van der Waals surface area contributed by atoms with Gasteiger partial charge in [-0.2, -0.15) is 0 Å². The van der Waals surface area contributed by atoms with E-state index in [1.165, 1.54) is 12.8 Å². The quantitative estimate of drug-likeness (QED) is 0.864. The molecule has 1 aliphatic carbocycles. The van der Waals surface area contributed by atoms with E-state index in [0.717, 1.165) is 31.5 Å². The predicted molar refractivity (Wildman–Crippen MR) is 73.4 cm³/mol. The fourth-order valence-corrected chi connectivity index (χ4v) is 3.58. The Morgan fingerprint density at radius 3 is 2.55 bits per heavy atom. The summed E-state index contributed by atoms with van der Waals surface area (Å²) in [6.07, 6.45) is 6.93. The van der Waals surface area contributed by atoms with Gasteiger partial charge in [-0.1, -0.05) is 0 Å². The van der Waals surface area contributed by atoms with Gasteiger partial charge in [0.2, 0.25) is 5.82 Å². The van der Waals surface area contributed by atoms with Crippen molar-refractivity contribution in [2.45, 2.75) is 62.6 Å². The highest BCUT2D eigenvalue weighted by Gasteiger charge is 2.37. The number of carbonyl (C=O) groups is 1. The molecule has 3 heterocycles. The fraction of sp³-hybridized carbons (Fsp3) is 0.786. The molecule has 1 aromatic rings. The Kier molecular flexibility index (Phi) is 2.80. The number of amides is 1. The summed E-state index contributed by atoms with van der Waals surface area (Å²) in [5.74, 6) is 1.68. The summed E-state index contributed by atoms with van der Waals surface area (Å²) in [4.78, 5) is 18.7. The molecule has 2 aliphatic heterocycles. The summed E-state index contributed by atoms with van der Waals surface area (Å²) in [7, 11) is 1.89. The molecule has 2 bridgehead atoms. The Labute approximate surface area is 118 Å². The molecule has 0 aromatic carbocycles. The van der Waals surface area contributed by atoms with Crippen molar-refractivity contribution in [2.75, 3.05) is 7.05 Å². The zero-order chi connectivity index (χ0) is 13.7. The average molecular weight is 275 g/mol. The van der Waals surface area contributed by atoms with Crippen LogP contribution >= 0.6 is 0 Å². The van der Waals surface area contributed by atoms with Gasteiger partial charge in [0, 0.05) is 31.1 Å². The lowest BCUT2D eigenvalue weighted by Crippen LogP contribution is -2.48. The van der Waals surface area contributed by atoms with Crippen LogP contribution in [0.4, 0.5) is 0 Å². The third-order valence-corrected chi connectivity index (χ3v) is 4.97. The van der Waals surface area contributed by atoms with E-state index in [1.54, 1.807) is 0 Å². The van der Waals surface area contributed by atoms with E-state index in [2.05, 4.69) is 20.5 Å². The molecule has 3 aliphatic rings. The third kappa shape index (κ3) is 2.12. The lowest BCUT2D eigenvalue weighted by atomic mass is 9.98. The summed E-state index contributed by atoms with van der Waals surface area (Å²) in [6, 6.07) is 1.50. The summed E-state index contributed by atoms with van der Waals surface area (Å²) < 4.78 is 0. The number of fused-ring (bicyclic) bond motifs is 2. The summed E-state index contributed by atoms with van der Waals surface area (Å²) in [5, 5.41) is 10.6. The Bertz CT molecular complexity index is 511. The average Bonchev–Trinajstić information content (AvgIpc) is 3.11. The Balaban J connectivity index is 1.46. The fourth-order valence-electron chi connectivity index (χ4n) is 3.58. The maximum Gasteiger partial charge on any atom is 0.293 e. The number of aromatic nitrogens is 3. The van der Waals surface area contributed by atoms with Crippen molar-refractivity contribution in [2.24, 2.45) is 0 Å². The Morgan fingerprint density at radius 2 is 1.90 bits per heavy atom. The van der Waals surface area contributed by atoms with Crippen LogP contribution in [0, 0.1) is 0 Å². The predicted octanol–water partition coefficient (Wildman–Crippen LogP) is 1.04. The highest BCUT2D eigenvalue weighted by atomic mass is 16.2.